The molecule has 1 amide bonds. The van der Waals surface area contributed by atoms with Gasteiger partial charge >= 0.3 is 0 Å². The maximum absolute atomic E-state index is 13.6. The number of benzene rings is 2. The Morgan fingerprint density at radius 2 is 1.84 bits per heavy atom. The average molecular weight is 581 g/mol. The number of hydrogen-bond acceptors (Lipinski definition) is 9. The number of aromatic nitrogens is 3. The van der Waals surface area contributed by atoms with Gasteiger partial charge in [0.05, 0.1) is 27.2 Å². The monoisotopic (exact) mass is 580 g/mol. The summed E-state index contributed by atoms with van der Waals surface area (Å²) in [5, 5.41) is 21.1. The molecule has 1 N–H and O–H groups in total. The van der Waals surface area contributed by atoms with E-state index in [2.05, 4.69) is 15.2 Å². The van der Waals surface area contributed by atoms with Crippen LogP contribution in [0.2, 0.25) is 5.02 Å². The Morgan fingerprint density at radius 3 is 2.55 bits per heavy atom. The molecule has 2 aromatic carbocycles. The molecule has 0 radical (unpaired) electrons. The number of thiazole rings is 1. The number of anilines is 1. The molecule has 5 rings (SSSR count). The van der Waals surface area contributed by atoms with Crippen LogP contribution in [0, 0.1) is 13.8 Å². The molecule has 0 fully saturated rings. The molecule has 38 heavy (non-hydrogen) atoms. The number of carbonyl (C=O) groups is 2. The molecule has 1 aliphatic rings. The van der Waals surface area contributed by atoms with Gasteiger partial charge in [-0.25, -0.2) is 4.98 Å². The number of amides is 1. The third kappa shape index (κ3) is 5.30. The first-order chi connectivity index (χ1) is 18.3. The summed E-state index contributed by atoms with van der Waals surface area (Å²) in [6, 6.07) is 16.2. The van der Waals surface area contributed by atoms with E-state index in [-0.39, 0.29) is 10.7 Å². The number of Topliss-reactive ketones (excluding diaryl/α,β-unsaturated/α-hetero) is 1. The topological polar surface area (TPSA) is 96.3 Å². The predicted molar refractivity (Wildman–Crippen MR) is 153 cm³/mol. The normalized spacial score (nSPS) is 15.7. The summed E-state index contributed by atoms with van der Waals surface area (Å²) in [4.78, 5) is 33.0. The molecule has 192 valence electrons. The van der Waals surface area contributed by atoms with Crippen LogP contribution < -0.4 is 4.90 Å². The molecular weight excluding hydrogens is 560 g/mol. The van der Waals surface area contributed by atoms with Crippen LogP contribution in [0.25, 0.3) is 6.08 Å². The van der Waals surface area contributed by atoms with E-state index in [0.29, 0.717) is 25.7 Å². The summed E-state index contributed by atoms with van der Waals surface area (Å²) < 4.78 is 0.631. The van der Waals surface area contributed by atoms with E-state index in [1.54, 1.807) is 13.0 Å². The molecule has 0 bridgehead atoms. The van der Waals surface area contributed by atoms with Crippen molar-refractivity contribution in [2.75, 3.05) is 4.90 Å². The maximum Gasteiger partial charge on any atom is 0.296 e. The van der Waals surface area contributed by atoms with Crippen LogP contribution in [0.4, 0.5) is 5.13 Å². The SMILES string of the molecule is Cc1nc(C)c(C(=O)C2=C(O)C(=O)N(c3nnc(SCc4ccccc4Cl)s3)C2C=Cc2ccccc2)s1. The average Bonchev–Trinajstić information content (AvgIpc) is 3.58. The Balaban J connectivity index is 1.48. The first kappa shape index (κ1) is 26.3. The lowest BCUT2D eigenvalue weighted by atomic mass is 10.0. The van der Waals surface area contributed by atoms with E-state index in [9.17, 15) is 14.7 Å². The number of aryl methyl sites for hydroxylation is 2. The Labute approximate surface area is 236 Å². The van der Waals surface area contributed by atoms with Crippen LogP contribution in [-0.4, -0.2) is 38.0 Å². The van der Waals surface area contributed by atoms with Crippen LogP contribution in [0.1, 0.15) is 31.5 Å². The lowest BCUT2D eigenvalue weighted by Crippen LogP contribution is -2.35. The molecule has 1 unspecified atom stereocenters. The van der Waals surface area contributed by atoms with Gasteiger partial charge in [0.2, 0.25) is 10.9 Å². The lowest BCUT2D eigenvalue weighted by Gasteiger charge is -2.20. The summed E-state index contributed by atoms with van der Waals surface area (Å²) >= 11 is 10.2. The number of ketones is 1. The van der Waals surface area contributed by atoms with Gasteiger partial charge in [0.1, 0.15) is 0 Å². The Hall–Kier alpha value is -3.31. The summed E-state index contributed by atoms with van der Waals surface area (Å²) in [6.45, 7) is 3.55. The van der Waals surface area contributed by atoms with Crippen LogP contribution in [0.15, 0.2) is 76.3 Å². The van der Waals surface area contributed by atoms with Crippen molar-refractivity contribution in [1.29, 1.82) is 0 Å². The lowest BCUT2D eigenvalue weighted by molar-refractivity contribution is -0.116. The van der Waals surface area contributed by atoms with Gasteiger partial charge in [-0.15, -0.1) is 21.5 Å². The summed E-state index contributed by atoms with van der Waals surface area (Å²) in [6.07, 6.45) is 3.54. The predicted octanol–water partition coefficient (Wildman–Crippen LogP) is 6.68. The van der Waals surface area contributed by atoms with Gasteiger partial charge in [-0.3, -0.25) is 14.5 Å². The van der Waals surface area contributed by atoms with Gasteiger partial charge in [0.15, 0.2) is 10.1 Å². The zero-order valence-corrected chi connectivity index (χ0v) is 23.5. The van der Waals surface area contributed by atoms with Crippen molar-refractivity contribution in [3.63, 3.8) is 0 Å². The summed E-state index contributed by atoms with van der Waals surface area (Å²) in [5.41, 5.74) is 2.40. The minimum Gasteiger partial charge on any atom is -0.503 e. The minimum atomic E-state index is -0.869. The maximum atomic E-state index is 13.6. The van der Waals surface area contributed by atoms with E-state index in [1.807, 2.05) is 67.6 Å². The largest absolute Gasteiger partial charge is 0.503 e. The van der Waals surface area contributed by atoms with E-state index in [0.717, 1.165) is 16.1 Å². The number of aliphatic hydroxyl groups excluding tert-OH is 1. The number of halogens is 1. The zero-order chi connectivity index (χ0) is 26.8. The van der Waals surface area contributed by atoms with Gasteiger partial charge in [-0.1, -0.05) is 95.4 Å². The van der Waals surface area contributed by atoms with Crippen molar-refractivity contribution in [3.8, 4) is 0 Å². The molecule has 4 aromatic rings. The van der Waals surface area contributed by atoms with Crippen LogP contribution in [-0.2, 0) is 10.5 Å². The minimum absolute atomic E-state index is 0.00518. The van der Waals surface area contributed by atoms with Crippen molar-refractivity contribution < 1.29 is 14.7 Å². The Morgan fingerprint density at radius 1 is 1.11 bits per heavy atom. The van der Waals surface area contributed by atoms with Gasteiger partial charge in [-0.2, -0.15) is 0 Å². The van der Waals surface area contributed by atoms with Crippen molar-refractivity contribution in [2.45, 2.75) is 30.0 Å². The van der Waals surface area contributed by atoms with Crippen LogP contribution in [0.5, 0.6) is 0 Å². The molecule has 0 aliphatic carbocycles. The highest BCUT2D eigenvalue weighted by Gasteiger charge is 2.44. The van der Waals surface area contributed by atoms with Crippen molar-refractivity contribution >= 4 is 68.9 Å². The van der Waals surface area contributed by atoms with Crippen molar-refractivity contribution in [3.05, 3.63) is 104 Å². The molecular formula is C27H21ClN4O3S3. The summed E-state index contributed by atoms with van der Waals surface area (Å²) in [7, 11) is 0. The second-order valence-electron chi connectivity index (χ2n) is 8.36. The molecule has 0 spiro atoms. The molecule has 7 nitrogen and oxygen atoms in total. The standard InChI is InChI=1S/C27H21ClN4O3S3/c1-15-24(37-16(2)29-15)22(33)21-20(13-12-17-8-4-3-5-9-17)32(25(35)23(21)34)26-30-31-27(38-26)36-14-18-10-6-7-11-19(18)28/h3-13,20,34H,14H2,1-2H3. The second kappa shape index (κ2) is 11.2. The molecule has 1 atom stereocenters. The van der Waals surface area contributed by atoms with Crippen LogP contribution >= 0.6 is 46.0 Å². The number of rotatable bonds is 8. The van der Waals surface area contributed by atoms with Crippen LogP contribution in [0.3, 0.4) is 0 Å². The fourth-order valence-electron chi connectivity index (χ4n) is 4.00. The Bertz CT molecular complexity index is 1580. The number of carbonyl (C=O) groups excluding carboxylic acids is 2. The van der Waals surface area contributed by atoms with Gasteiger partial charge in [-0.05, 0) is 31.0 Å². The smallest absolute Gasteiger partial charge is 0.296 e. The fourth-order valence-corrected chi connectivity index (χ4v) is 7.03. The van der Waals surface area contributed by atoms with E-state index >= 15 is 0 Å². The molecule has 1 aliphatic heterocycles. The third-order valence-electron chi connectivity index (χ3n) is 5.79. The number of hydrogen-bond donors (Lipinski definition) is 1. The number of thioether (sulfide) groups is 1. The van der Waals surface area contributed by atoms with Gasteiger partial charge < -0.3 is 5.11 Å². The second-order valence-corrected chi connectivity index (χ2v) is 12.1. The Kier molecular flexibility index (Phi) is 7.75. The third-order valence-corrected chi connectivity index (χ3v) is 9.33. The molecule has 2 aromatic heterocycles. The summed E-state index contributed by atoms with van der Waals surface area (Å²) in [5.74, 6) is -1.14. The first-order valence-corrected chi connectivity index (χ1v) is 14.5. The zero-order valence-electron chi connectivity index (χ0n) is 20.3. The molecule has 0 saturated carbocycles. The molecule has 11 heteroatoms. The molecule has 3 heterocycles. The van der Waals surface area contributed by atoms with E-state index in [4.69, 9.17) is 11.6 Å². The number of aliphatic hydroxyl groups is 1. The van der Waals surface area contributed by atoms with Crippen molar-refractivity contribution in [2.24, 2.45) is 0 Å². The van der Waals surface area contributed by atoms with Gasteiger partial charge in [0.25, 0.3) is 5.91 Å². The highest BCUT2D eigenvalue weighted by atomic mass is 35.5. The number of nitrogens with zero attached hydrogens (tertiary/aromatic N) is 4. The molecule has 0 saturated heterocycles. The van der Waals surface area contributed by atoms with Crippen molar-refractivity contribution in [1.82, 2.24) is 15.2 Å². The highest BCUT2D eigenvalue weighted by Crippen LogP contribution is 2.38. The highest BCUT2D eigenvalue weighted by molar-refractivity contribution is 8.00. The van der Waals surface area contributed by atoms with Gasteiger partial charge in [0, 0.05) is 10.8 Å². The van der Waals surface area contributed by atoms with E-state index < -0.39 is 23.5 Å². The van der Waals surface area contributed by atoms with E-state index in [1.165, 1.54) is 39.3 Å². The quantitative estimate of drug-likeness (QED) is 0.141. The fraction of sp³-hybridized carbons (Fsp3) is 0.148. The first-order valence-electron chi connectivity index (χ1n) is 11.5.